The highest BCUT2D eigenvalue weighted by Crippen LogP contribution is 2.28. The van der Waals surface area contributed by atoms with Gasteiger partial charge in [-0.25, -0.2) is 16.8 Å². The maximum absolute atomic E-state index is 13.3. The Kier molecular flexibility index (Phi) is 8.38. The summed E-state index contributed by atoms with van der Waals surface area (Å²) in [5, 5.41) is 21.6. The highest BCUT2D eigenvalue weighted by atomic mass is 32.2. The first-order valence-corrected chi connectivity index (χ1v) is 14.4. The van der Waals surface area contributed by atoms with Crippen LogP contribution in [0.4, 0.5) is 11.4 Å². The lowest BCUT2D eigenvalue weighted by Gasteiger charge is -2.16. The van der Waals surface area contributed by atoms with Crippen LogP contribution in [0.5, 0.6) is 0 Å². The summed E-state index contributed by atoms with van der Waals surface area (Å²) in [7, 11) is -8.28. The summed E-state index contributed by atoms with van der Waals surface area (Å²) in [4.78, 5) is -0.362. The van der Waals surface area contributed by atoms with Crippen LogP contribution < -0.4 is 9.44 Å². The topological polar surface area (TPSA) is 181 Å². The lowest BCUT2D eigenvalue weighted by Crippen LogP contribution is -2.19. The molecule has 40 heavy (non-hydrogen) atoms. The van der Waals surface area contributed by atoms with Crippen LogP contribution in [0.15, 0.2) is 146 Å². The molecule has 2 aromatic rings. The van der Waals surface area contributed by atoms with Crippen LogP contribution in [0.1, 0.15) is 0 Å². The quantitative estimate of drug-likeness (QED) is 0.222. The number of para-hydroxylation sites is 2. The molecule has 0 bridgehead atoms. The number of anilines is 2. The van der Waals surface area contributed by atoms with E-state index < -0.39 is 20.0 Å². The first-order valence-electron chi connectivity index (χ1n) is 11.5. The minimum Gasteiger partial charge on any atom is -0.280 e. The van der Waals surface area contributed by atoms with E-state index in [4.69, 9.17) is 10.9 Å². The molecular weight excluding hydrogens is 552 g/mol. The van der Waals surface area contributed by atoms with E-state index in [2.05, 4.69) is 30.0 Å². The van der Waals surface area contributed by atoms with E-state index >= 15 is 0 Å². The molecule has 0 atom stereocenters. The van der Waals surface area contributed by atoms with Gasteiger partial charge in [-0.3, -0.25) is 9.44 Å². The number of benzene rings is 2. The van der Waals surface area contributed by atoms with Crippen LogP contribution in [0, 0.1) is 10.9 Å². The molecule has 0 amide bonds. The van der Waals surface area contributed by atoms with Crippen molar-refractivity contribution >= 4 is 42.8 Å². The van der Waals surface area contributed by atoms with Crippen LogP contribution in [0.2, 0.25) is 0 Å². The summed E-state index contributed by atoms with van der Waals surface area (Å²) in [6.45, 7) is 0. The van der Waals surface area contributed by atoms with Gasteiger partial charge in [0, 0.05) is 11.4 Å². The van der Waals surface area contributed by atoms with Crippen molar-refractivity contribution in [3.8, 4) is 0 Å². The molecule has 0 heterocycles. The van der Waals surface area contributed by atoms with Gasteiger partial charge in [0.2, 0.25) is 0 Å². The van der Waals surface area contributed by atoms with Gasteiger partial charge in [-0.15, -0.1) is 5.10 Å². The van der Waals surface area contributed by atoms with Gasteiger partial charge >= 0.3 is 5.08 Å². The van der Waals surface area contributed by atoms with Gasteiger partial charge in [-0.05, 0) is 59.7 Å². The van der Waals surface area contributed by atoms with Crippen LogP contribution in [0.25, 0.3) is 5.08 Å². The molecule has 3 N–H and O–H groups in total. The lowest BCUT2D eigenvalue weighted by atomic mass is 10.0. The van der Waals surface area contributed by atoms with E-state index in [1.807, 2.05) is 0 Å². The van der Waals surface area contributed by atoms with Crippen molar-refractivity contribution in [2.24, 2.45) is 15.4 Å². The van der Waals surface area contributed by atoms with Crippen molar-refractivity contribution in [1.29, 1.82) is 10.9 Å². The number of hydrogen-bond acceptors (Lipinski definition) is 8. The maximum Gasteiger partial charge on any atom is 0.339 e. The molecule has 0 unspecified atom stereocenters. The van der Waals surface area contributed by atoms with Gasteiger partial charge in [0.1, 0.15) is 0 Å². The summed E-state index contributed by atoms with van der Waals surface area (Å²) < 4.78 is 58.2. The molecule has 2 aliphatic rings. The molecule has 2 aromatic carbocycles. The van der Waals surface area contributed by atoms with Crippen molar-refractivity contribution in [1.82, 2.24) is 0 Å². The van der Waals surface area contributed by atoms with Crippen molar-refractivity contribution in [2.45, 2.75) is 0 Å². The Hall–Kier alpha value is -5.26. The predicted octanol–water partition coefficient (Wildman–Crippen LogP) is 5.23. The fourth-order valence-corrected chi connectivity index (χ4v) is 6.19. The zero-order valence-corrected chi connectivity index (χ0v) is 22.2. The molecule has 0 saturated heterocycles. The van der Waals surface area contributed by atoms with Crippen molar-refractivity contribution < 1.29 is 16.8 Å². The van der Waals surface area contributed by atoms with E-state index in [0.717, 1.165) is 0 Å². The molecule has 4 rings (SSSR count). The molecule has 0 aliphatic heterocycles. The largest absolute Gasteiger partial charge is 0.339 e. The molecule has 0 fully saturated rings. The minimum absolute atomic E-state index is 0.0773. The van der Waals surface area contributed by atoms with Gasteiger partial charge < -0.3 is 0 Å². The monoisotopic (exact) mass is 573 g/mol. The third-order valence-corrected chi connectivity index (χ3v) is 8.27. The van der Waals surface area contributed by atoms with Crippen molar-refractivity contribution in [2.75, 3.05) is 9.44 Å². The zero-order chi connectivity index (χ0) is 28.6. The molecule has 0 aromatic heterocycles. The molecule has 0 radical (unpaired) electrons. The number of diazo groups is 1. The first-order chi connectivity index (χ1) is 19.2. The predicted molar refractivity (Wildman–Crippen MR) is 154 cm³/mol. The Morgan fingerprint density at radius 2 is 1.15 bits per heavy atom. The summed E-state index contributed by atoms with van der Waals surface area (Å²) >= 11 is 0. The zero-order valence-electron chi connectivity index (χ0n) is 20.6. The normalized spacial score (nSPS) is 19.3. The average molecular weight is 574 g/mol. The molecule has 0 saturated carbocycles. The van der Waals surface area contributed by atoms with Gasteiger partial charge in [0.25, 0.3) is 25.4 Å². The molecule has 2 aliphatic carbocycles. The molecule has 200 valence electrons. The summed E-state index contributed by atoms with van der Waals surface area (Å²) in [5.74, 6) is 0. The Balaban J connectivity index is 1.76. The van der Waals surface area contributed by atoms with E-state index in [9.17, 15) is 16.8 Å². The summed E-state index contributed by atoms with van der Waals surface area (Å²) in [5.41, 5.74) is 8.27. The van der Waals surface area contributed by atoms with Crippen molar-refractivity contribution in [3.05, 3.63) is 135 Å². The molecular formula is C26H21N8O4S2+. The lowest BCUT2D eigenvalue weighted by molar-refractivity contribution is 0.605. The molecule has 12 nitrogen and oxygen atoms in total. The number of allylic oxidation sites excluding steroid dienone is 10. The summed E-state index contributed by atoms with van der Waals surface area (Å²) in [6, 6.07) is 16.5. The van der Waals surface area contributed by atoms with E-state index in [1.54, 1.807) is 60.7 Å². The Morgan fingerprint density at radius 1 is 0.700 bits per heavy atom. The third kappa shape index (κ3) is 6.78. The number of rotatable bonds is 8. The van der Waals surface area contributed by atoms with E-state index in [0.29, 0.717) is 11.4 Å². The van der Waals surface area contributed by atoms with Crippen LogP contribution in [-0.4, -0.2) is 28.3 Å². The minimum atomic E-state index is -4.15. The number of nitrogens with one attached hydrogen (secondary N) is 3. The van der Waals surface area contributed by atoms with Gasteiger partial charge in [-0.1, -0.05) is 65.9 Å². The standard InChI is InChI=1S/C26H21N8O4S2/c27-33-29-23-15-13-19(25(17-23)39(35,36)31-21-7-3-1-4-8-21)11-12-20-14-16-24(30-34-28)18-26(20)40(37,38)32-22-9-5-2-6-10-22/h1-18,27,31-32H/q+1. The Labute approximate surface area is 230 Å². The summed E-state index contributed by atoms with van der Waals surface area (Å²) in [6.07, 6.45) is 11.2. The highest BCUT2D eigenvalue weighted by molar-refractivity contribution is 7.97. The van der Waals surface area contributed by atoms with E-state index in [-0.39, 0.29) is 32.4 Å². The van der Waals surface area contributed by atoms with Gasteiger partial charge in [0.15, 0.2) is 10.8 Å². The first kappa shape index (κ1) is 27.8. The second kappa shape index (κ2) is 12.1. The number of sulfonamides is 2. The van der Waals surface area contributed by atoms with Crippen LogP contribution >= 0.6 is 0 Å². The van der Waals surface area contributed by atoms with Gasteiger partial charge in [0.05, 0.1) is 15.5 Å². The van der Waals surface area contributed by atoms with Crippen LogP contribution in [-0.2, 0) is 20.0 Å². The smallest absolute Gasteiger partial charge is 0.280 e. The van der Waals surface area contributed by atoms with Gasteiger partial charge in [-0.2, -0.15) is 5.53 Å². The van der Waals surface area contributed by atoms with E-state index in [1.165, 1.54) is 48.6 Å². The Morgan fingerprint density at radius 3 is 1.60 bits per heavy atom. The number of nitrogens with zero attached hydrogens (tertiary/aromatic N) is 5. The fraction of sp³-hybridized carbons (Fsp3) is 0. The maximum atomic E-state index is 13.3. The second-order valence-corrected chi connectivity index (χ2v) is 11.4. The SMILES string of the molecule is N#[N+]N=C1C=CC(=CC=C2C=CC(=NN=N)C=C2S(=O)(=O)Nc2ccccc2)C(S(=O)(=O)Nc2ccccc2)=C1. The number of hydrogen-bond donors (Lipinski definition) is 3. The molecule has 14 heteroatoms. The molecule has 0 spiro atoms. The van der Waals surface area contributed by atoms with Crippen LogP contribution in [0.3, 0.4) is 0 Å². The van der Waals surface area contributed by atoms with Crippen molar-refractivity contribution in [3.63, 3.8) is 0 Å². The fourth-order valence-electron chi connectivity index (χ4n) is 3.63. The third-order valence-electron chi connectivity index (χ3n) is 5.39. The highest BCUT2D eigenvalue weighted by Gasteiger charge is 2.26. The second-order valence-electron chi connectivity index (χ2n) is 8.11. The average Bonchev–Trinajstić information content (AvgIpc) is 2.93. The Bertz CT molecular complexity index is 1830.